The molecule has 0 spiro atoms. The second kappa shape index (κ2) is 7.00. The fraction of sp³-hybridized carbons (Fsp3) is 0.923. The molecular weight excluding hydrogens is 186 g/mol. The third-order valence-corrected chi connectivity index (χ3v) is 3.47. The zero-order chi connectivity index (χ0) is 11.1. The summed E-state index contributed by atoms with van der Waals surface area (Å²) in [5, 5.41) is 3.40. The standard InChI is InChI=1S/C13H25NO/c1-3-5-11(2)13(15)8-7-12-6-4-9-14-10-12/h11-12,14H,3-10H2,1-2H3. The third kappa shape index (κ3) is 4.78. The van der Waals surface area contributed by atoms with Gasteiger partial charge >= 0.3 is 0 Å². The molecule has 2 unspecified atom stereocenters. The van der Waals surface area contributed by atoms with Crippen LogP contribution in [0, 0.1) is 11.8 Å². The molecule has 1 rings (SSSR count). The monoisotopic (exact) mass is 211 g/mol. The number of carbonyl (C=O) groups is 1. The second-order valence-electron chi connectivity index (χ2n) is 4.91. The van der Waals surface area contributed by atoms with Gasteiger partial charge in [-0.15, -0.1) is 0 Å². The molecule has 2 atom stereocenters. The minimum atomic E-state index is 0.284. The van der Waals surface area contributed by atoms with Crippen molar-refractivity contribution in [2.75, 3.05) is 13.1 Å². The number of piperidine rings is 1. The molecule has 0 bridgehead atoms. The normalized spacial score (nSPS) is 23.7. The lowest BCUT2D eigenvalue weighted by Gasteiger charge is -2.22. The quantitative estimate of drug-likeness (QED) is 0.732. The lowest BCUT2D eigenvalue weighted by atomic mass is 9.90. The van der Waals surface area contributed by atoms with Crippen molar-refractivity contribution in [2.24, 2.45) is 11.8 Å². The van der Waals surface area contributed by atoms with E-state index in [1.165, 1.54) is 12.8 Å². The lowest BCUT2D eigenvalue weighted by molar-refractivity contribution is -0.122. The van der Waals surface area contributed by atoms with Crippen LogP contribution in [0.2, 0.25) is 0 Å². The van der Waals surface area contributed by atoms with Crippen LogP contribution >= 0.6 is 0 Å². The van der Waals surface area contributed by atoms with Crippen LogP contribution in [0.5, 0.6) is 0 Å². The maximum absolute atomic E-state index is 11.8. The fourth-order valence-electron chi connectivity index (χ4n) is 2.36. The molecule has 0 amide bonds. The van der Waals surface area contributed by atoms with Crippen molar-refractivity contribution in [3.05, 3.63) is 0 Å². The molecular formula is C13H25NO. The molecule has 0 aromatic rings. The molecule has 0 aliphatic carbocycles. The van der Waals surface area contributed by atoms with Crippen molar-refractivity contribution in [1.29, 1.82) is 0 Å². The molecule has 1 aliphatic heterocycles. The molecule has 1 aliphatic rings. The molecule has 0 saturated carbocycles. The molecule has 15 heavy (non-hydrogen) atoms. The first-order valence-corrected chi connectivity index (χ1v) is 6.47. The van der Waals surface area contributed by atoms with Gasteiger partial charge in [0, 0.05) is 12.3 Å². The van der Waals surface area contributed by atoms with E-state index in [1.807, 2.05) is 0 Å². The number of rotatable bonds is 6. The summed E-state index contributed by atoms with van der Waals surface area (Å²) in [4.78, 5) is 11.8. The van der Waals surface area contributed by atoms with Crippen LogP contribution in [0.1, 0.15) is 52.4 Å². The number of Topliss-reactive ketones (excluding diaryl/α,β-unsaturated/α-hetero) is 1. The third-order valence-electron chi connectivity index (χ3n) is 3.47. The first-order chi connectivity index (χ1) is 7.24. The van der Waals surface area contributed by atoms with Crippen molar-refractivity contribution in [2.45, 2.75) is 52.4 Å². The highest BCUT2D eigenvalue weighted by Crippen LogP contribution is 2.18. The molecule has 1 N–H and O–H groups in total. The average molecular weight is 211 g/mol. The van der Waals surface area contributed by atoms with Gasteiger partial charge in [0.15, 0.2) is 0 Å². The van der Waals surface area contributed by atoms with Gasteiger partial charge in [-0.2, -0.15) is 0 Å². The summed E-state index contributed by atoms with van der Waals surface area (Å²) in [5.74, 6) is 1.51. The van der Waals surface area contributed by atoms with Crippen LogP contribution in [0.25, 0.3) is 0 Å². The van der Waals surface area contributed by atoms with Crippen molar-refractivity contribution >= 4 is 5.78 Å². The Hall–Kier alpha value is -0.370. The first kappa shape index (κ1) is 12.7. The van der Waals surface area contributed by atoms with Gasteiger partial charge in [-0.1, -0.05) is 20.3 Å². The lowest BCUT2D eigenvalue weighted by Crippen LogP contribution is -2.30. The van der Waals surface area contributed by atoms with E-state index in [4.69, 9.17) is 0 Å². The van der Waals surface area contributed by atoms with E-state index in [9.17, 15) is 4.79 Å². The maximum atomic E-state index is 11.8. The largest absolute Gasteiger partial charge is 0.316 e. The molecule has 2 nitrogen and oxygen atoms in total. The summed E-state index contributed by atoms with van der Waals surface area (Å²) >= 11 is 0. The van der Waals surface area contributed by atoms with Gasteiger partial charge < -0.3 is 5.32 Å². The summed E-state index contributed by atoms with van der Waals surface area (Å²) in [6, 6.07) is 0. The molecule has 88 valence electrons. The van der Waals surface area contributed by atoms with Crippen molar-refractivity contribution in [3.8, 4) is 0 Å². The van der Waals surface area contributed by atoms with E-state index in [0.29, 0.717) is 5.78 Å². The van der Waals surface area contributed by atoms with Gasteiger partial charge in [-0.25, -0.2) is 0 Å². The first-order valence-electron chi connectivity index (χ1n) is 6.47. The number of nitrogens with one attached hydrogen (secondary N) is 1. The van der Waals surface area contributed by atoms with E-state index in [-0.39, 0.29) is 5.92 Å². The van der Waals surface area contributed by atoms with Crippen LogP contribution in [0.3, 0.4) is 0 Å². The fourth-order valence-corrected chi connectivity index (χ4v) is 2.36. The van der Waals surface area contributed by atoms with E-state index in [0.717, 1.165) is 44.7 Å². The van der Waals surface area contributed by atoms with E-state index >= 15 is 0 Å². The number of carbonyl (C=O) groups excluding carboxylic acids is 1. The molecule has 2 heteroatoms. The van der Waals surface area contributed by atoms with Gasteiger partial charge in [-0.05, 0) is 44.7 Å². The van der Waals surface area contributed by atoms with Crippen LogP contribution in [0.4, 0.5) is 0 Å². The summed E-state index contributed by atoms with van der Waals surface area (Å²) in [7, 11) is 0. The summed E-state index contributed by atoms with van der Waals surface area (Å²) < 4.78 is 0. The Morgan fingerprint density at radius 3 is 2.93 bits per heavy atom. The summed E-state index contributed by atoms with van der Waals surface area (Å²) in [6.07, 6.45) is 6.67. The van der Waals surface area contributed by atoms with Gasteiger partial charge in [0.25, 0.3) is 0 Å². The van der Waals surface area contributed by atoms with E-state index in [1.54, 1.807) is 0 Å². The highest BCUT2D eigenvalue weighted by atomic mass is 16.1. The van der Waals surface area contributed by atoms with Gasteiger partial charge in [-0.3, -0.25) is 4.79 Å². The Labute approximate surface area is 93.8 Å². The number of ketones is 1. The molecule has 1 heterocycles. The van der Waals surface area contributed by atoms with Crippen LogP contribution in [-0.4, -0.2) is 18.9 Å². The molecule has 0 aromatic carbocycles. The predicted octanol–water partition coefficient (Wildman–Crippen LogP) is 2.77. The maximum Gasteiger partial charge on any atom is 0.135 e. The Morgan fingerprint density at radius 1 is 1.53 bits per heavy atom. The second-order valence-corrected chi connectivity index (χ2v) is 4.91. The summed E-state index contributed by atoms with van der Waals surface area (Å²) in [5.41, 5.74) is 0. The molecule has 0 radical (unpaired) electrons. The molecule has 1 fully saturated rings. The minimum absolute atomic E-state index is 0.284. The van der Waals surface area contributed by atoms with E-state index < -0.39 is 0 Å². The Kier molecular flexibility index (Phi) is 5.92. The molecule has 0 aromatic heterocycles. The zero-order valence-corrected chi connectivity index (χ0v) is 10.2. The number of hydrogen-bond acceptors (Lipinski definition) is 2. The van der Waals surface area contributed by atoms with Crippen LogP contribution in [-0.2, 0) is 4.79 Å². The smallest absolute Gasteiger partial charge is 0.135 e. The highest BCUT2D eigenvalue weighted by molar-refractivity contribution is 5.80. The Balaban J connectivity index is 2.14. The van der Waals surface area contributed by atoms with Gasteiger partial charge in [0.1, 0.15) is 5.78 Å². The van der Waals surface area contributed by atoms with Crippen LogP contribution in [0.15, 0.2) is 0 Å². The SMILES string of the molecule is CCCC(C)C(=O)CCC1CCCNC1. The Bertz CT molecular complexity index is 185. The predicted molar refractivity (Wildman–Crippen MR) is 63.9 cm³/mol. The van der Waals surface area contributed by atoms with E-state index in [2.05, 4.69) is 19.2 Å². The van der Waals surface area contributed by atoms with Gasteiger partial charge in [0.05, 0.1) is 0 Å². The van der Waals surface area contributed by atoms with Crippen molar-refractivity contribution < 1.29 is 4.79 Å². The topological polar surface area (TPSA) is 29.1 Å². The zero-order valence-electron chi connectivity index (χ0n) is 10.2. The number of hydrogen-bond donors (Lipinski definition) is 1. The Morgan fingerprint density at radius 2 is 2.33 bits per heavy atom. The van der Waals surface area contributed by atoms with Crippen molar-refractivity contribution in [1.82, 2.24) is 5.32 Å². The van der Waals surface area contributed by atoms with Gasteiger partial charge in [0.2, 0.25) is 0 Å². The summed E-state index contributed by atoms with van der Waals surface area (Å²) in [6.45, 7) is 6.51. The van der Waals surface area contributed by atoms with Crippen molar-refractivity contribution in [3.63, 3.8) is 0 Å². The highest BCUT2D eigenvalue weighted by Gasteiger charge is 2.17. The molecule has 1 saturated heterocycles. The minimum Gasteiger partial charge on any atom is -0.316 e. The van der Waals surface area contributed by atoms with Crippen LogP contribution < -0.4 is 5.32 Å². The average Bonchev–Trinajstić information content (AvgIpc) is 2.27.